The molecule has 1 aliphatic heterocycles. The number of fused-ring (bicyclic) bond motifs is 2. The van der Waals surface area contributed by atoms with Gasteiger partial charge in [0.05, 0.1) is 17.2 Å². The van der Waals surface area contributed by atoms with Crippen molar-refractivity contribution in [2.45, 2.75) is 0 Å². The summed E-state index contributed by atoms with van der Waals surface area (Å²) in [4.78, 5) is 7.46. The van der Waals surface area contributed by atoms with Gasteiger partial charge in [0.15, 0.2) is 11.5 Å². The fourth-order valence-corrected chi connectivity index (χ4v) is 2.37. The number of hydrazone groups is 1. The molecule has 4 rings (SSSR count). The van der Waals surface area contributed by atoms with Crippen LogP contribution in [0.3, 0.4) is 0 Å². The van der Waals surface area contributed by atoms with Crippen molar-refractivity contribution >= 4 is 34.8 Å². The average Bonchev–Trinajstić information content (AvgIpc) is 3.12. The first-order valence-electron chi connectivity index (χ1n) is 6.62. The summed E-state index contributed by atoms with van der Waals surface area (Å²) < 4.78 is 10.6. The maximum Gasteiger partial charge on any atom is 0.231 e. The van der Waals surface area contributed by atoms with E-state index in [9.17, 15) is 0 Å². The third kappa shape index (κ3) is 2.44. The number of hydrogen-bond donors (Lipinski definition) is 2. The lowest BCUT2D eigenvalue weighted by Gasteiger charge is -1.97. The molecule has 0 spiro atoms. The van der Waals surface area contributed by atoms with Gasteiger partial charge in [-0.2, -0.15) is 5.10 Å². The minimum absolute atomic E-state index is 0.260. The lowest BCUT2D eigenvalue weighted by Crippen LogP contribution is -1.93. The maximum absolute atomic E-state index is 5.94. The number of halogens is 1. The van der Waals surface area contributed by atoms with Gasteiger partial charge in [-0.15, -0.1) is 0 Å². The smallest absolute Gasteiger partial charge is 0.231 e. The lowest BCUT2D eigenvalue weighted by molar-refractivity contribution is 0.174. The van der Waals surface area contributed by atoms with E-state index in [2.05, 4.69) is 20.5 Å². The highest BCUT2D eigenvalue weighted by atomic mass is 35.5. The van der Waals surface area contributed by atoms with Crippen LogP contribution in [0.2, 0.25) is 5.02 Å². The van der Waals surface area contributed by atoms with Crippen LogP contribution >= 0.6 is 11.6 Å². The maximum atomic E-state index is 5.94. The second-order valence-corrected chi connectivity index (χ2v) is 5.17. The Balaban J connectivity index is 1.51. The molecule has 0 aliphatic carbocycles. The normalized spacial score (nSPS) is 13.1. The summed E-state index contributed by atoms with van der Waals surface area (Å²) in [5, 5.41) is 4.82. The number of anilines is 1. The van der Waals surface area contributed by atoms with E-state index < -0.39 is 0 Å². The van der Waals surface area contributed by atoms with Crippen molar-refractivity contribution in [2.24, 2.45) is 5.10 Å². The molecule has 3 aromatic rings. The zero-order chi connectivity index (χ0) is 14.9. The lowest BCUT2D eigenvalue weighted by atomic mass is 10.2. The number of nitrogens with zero attached hydrogens (tertiary/aromatic N) is 2. The Labute approximate surface area is 130 Å². The van der Waals surface area contributed by atoms with Gasteiger partial charge in [-0.25, -0.2) is 10.4 Å². The van der Waals surface area contributed by atoms with Crippen LogP contribution in [-0.2, 0) is 0 Å². The number of imidazole rings is 1. The second kappa shape index (κ2) is 5.23. The van der Waals surface area contributed by atoms with E-state index in [4.69, 9.17) is 21.1 Å². The monoisotopic (exact) mass is 314 g/mol. The molecule has 7 heteroatoms. The molecule has 0 saturated carbocycles. The number of benzene rings is 2. The van der Waals surface area contributed by atoms with E-state index in [-0.39, 0.29) is 6.79 Å². The predicted molar refractivity (Wildman–Crippen MR) is 84.9 cm³/mol. The third-order valence-electron chi connectivity index (χ3n) is 3.22. The van der Waals surface area contributed by atoms with Crippen LogP contribution in [0, 0.1) is 0 Å². The van der Waals surface area contributed by atoms with E-state index in [1.54, 1.807) is 12.3 Å². The summed E-state index contributed by atoms with van der Waals surface area (Å²) in [6, 6.07) is 11.1. The highest BCUT2D eigenvalue weighted by Crippen LogP contribution is 2.32. The molecule has 1 aromatic heterocycles. The van der Waals surface area contributed by atoms with E-state index in [1.807, 2.05) is 30.3 Å². The van der Waals surface area contributed by atoms with E-state index >= 15 is 0 Å². The summed E-state index contributed by atoms with van der Waals surface area (Å²) in [6.07, 6.45) is 1.68. The average molecular weight is 315 g/mol. The zero-order valence-corrected chi connectivity index (χ0v) is 12.1. The molecule has 0 fully saturated rings. The topological polar surface area (TPSA) is 71.5 Å². The van der Waals surface area contributed by atoms with Crippen LogP contribution < -0.4 is 14.9 Å². The fourth-order valence-electron chi connectivity index (χ4n) is 2.20. The number of hydrogen-bond acceptors (Lipinski definition) is 5. The Hall–Kier alpha value is -2.73. The molecular weight excluding hydrogens is 304 g/mol. The Kier molecular flexibility index (Phi) is 3.08. The van der Waals surface area contributed by atoms with Crippen LogP contribution in [0.25, 0.3) is 11.0 Å². The first-order chi connectivity index (χ1) is 10.8. The zero-order valence-electron chi connectivity index (χ0n) is 11.3. The summed E-state index contributed by atoms with van der Waals surface area (Å²) in [6.45, 7) is 0.260. The first-order valence-corrected chi connectivity index (χ1v) is 7.00. The SMILES string of the molecule is Clc1ccc2nc(NN=Cc3ccc4c(c3)OCO4)[nH]c2c1. The molecule has 6 nitrogen and oxygen atoms in total. The van der Waals surface area contributed by atoms with E-state index in [1.165, 1.54) is 0 Å². The highest BCUT2D eigenvalue weighted by molar-refractivity contribution is 6.31. The molecule has 2 aromatic carbocycles. The Morgan fingerprint density at radius 3 is 3.05 bits per heavy atom. The Bertz CT molecular complexity index is 875. The Morgan fingerprint density at radius 1 is 1.18 bits per heavy atom. The van der Waals surface area contributed by atoms with Gasteiger partial charge >= 0.3 is 0 Å². The molecule has 0 amide bonds. The van der Waals surface area contributed by atoms with Gasteiger partial charge in [0, 0.05) is 5.02 Å². The molecule has 0 atom stereocenters. The van der Waals surface area contributed by atoms with Gasteiger partial charge in [-0.05, 0) is 42.0 Å². The van der Waals surface area contributed by atoms with Crippen LogP contribution in [0.1, 0.15) is 5.56 Å². The highest BCUT2D eigenvalue weighted by Gasteiger charge is 2.12. The summed E-state index contributed by atoms with van der Waals surface area (Å²) in [5.41, 5.74) is 5.44. The number of H-pyrrole nitrogens is 1. The van der Waals surface area contributed by atoms with E-state index in [0.717, 1.165) is 28.1 Å². The van der Waals surface area contributed by atoms with Gasteiger partial charge in [-0.3, -0.25) is 0 Å². The molecule has 0 bridgehead atoms. The minimum Gasteiger partial charge on any atom is -0.454 e. The van der Waals surface area contributed by atoms with Crippen LogP contribution in [0.15, 0.2) is 41.5 Å². The van der Waals surface area contributed by atoms with Crippen molar-refractivity contribution in [1.29, 1.82) is 0 Å². The van der Waals surface area contributed by atoms with Crippen molar-refractivity contribution < 1.29 is 9.47 Å². The number of nitrogens with one attached hydrogen (secondary N) is 2. The molecule has 0 unspecified atom stereocenters. The molecule has 0 radical (unpaired) electrons. The molecular formula is C15H11ClN4O2. The van der Waals surface area contributed by atoms with Crippen LogP contribution in [-0.4, -0.2) is 23.0 Å². The fraction of sp³-hybridized carbons (Fsp3) is 0.0667. The molecule has 2 heterocycles. The molecule has 0 saturated heterocycles. The van der Waals surface area contributed by atoms with Crippen molar-refractivity contribution in [3.05, 3.63) is 47.0 Å². The summed E-state index contributed by atoms with van der Waals surface area (Å²) in [7, 11) is 0. The van der Waals surface area contributed by atoms with Gasteiger partial charge in [-0.1, -0.05) is 11.6 Å². The third-order valence-corrected chi connectivity index (χ3v) is 3.46. The van der Waals surface area contributed by atoms with Crippen molar-refractivity contribution in [3.63, 3.8) is 0 Å². The molecule has 1 aliphatic rings. The predicted octanol–water partition coefficient (Wildman–Crippen LogP) is 3.39. The molecule has 110 valence electrons. The van der Waals surface area contributed by atoms with E-state index in [0.29, 0.717) is 11.0 Å². The standard InChI is InChI=1S/C15H11ClN4O2/c16-10-2-3-11-12(6-10)19-15(18-11)20-17-7-9-1-4-13-14(5-9)22-8-21-13/h1-7H,8H2,(H2,18,19,20). The van der Waals surface area contributed by atoms with Crippen molar-refractivity contribution in [2.75, 3.05) is 12.2 Å². The molecule has 2 N–H and O–H groups in total. The number of rotatable bonds is 3. The molecule has 22 heavy (non-hydrogen) atoms. The van der Waals surface area contributed by atoms with Crippen LogP contribution in [0.5, 0.6) is 11.5 Å². The summed E-state index contributed by atoms with van der Waals surface area (Å²) >= 11 is 5.94. The Morgan fingerprint density at radius 2 is 2.09 bits per heavy atom. The minimum atomic E-state index is 0.260. The number of ether oxygens (including phenoxy) is 2. The largest absolute Gasteiger partial charge is 0.454 e. The second-order valence-electron chi connectivity index (χ2n) is 4.73. The van der Waals surface area contributed by atoms with Crippen LogP contribution in [0.4, 0.5) is 5.95 Å². The number of aromatic amines is 1. The van der Waals surface area contributed by atoms with Gasteiger partial charge in [0.2, 0.25) is 12.7 Å². The van der Waals surface area contributed by atoms with Gasteiger partial charge in [0.25, 0.3) is 0 Å². The van der Waals surface area contributed by atoms with Crippen molar-refractivity contribution in [1.82, 2.24) is 9.97 Å². The van der Waals surface area contributed by atoms with Gasteiger partial charge < -0.3 is 14.5 Å². The summed E-state index contributed by atoms with van der Waals surface area (Å²) in [5.74, 6) is 2.02. The van der Waals surface area contributed by atoms with Gasteiger partial charge in [0.1, 0.15) is 0 Å². The van der Waals surface area contributed by atoms with Crippen molar-refractivity contribution in [3.8, 4) is 11.5 Å². The number of aromatic nitrogens is 2. The quantitative estimate of drug-likeness (QED) is 0.574. The first kappa shape index (κ1) is 13.0.